The van der Waals surface area contributed by atoms with Crippen LogP contribution in [0, 0.1) is 6.92 Å². The Labute approximate surface area is 173 Å². The lowest BCUT2D eigenvalue weighted by Gasteiger charge is -2.09. The number of furan rings is 1. The maximum Gasteiger partial charge on any atom is 0.349 e. The van der Waals surface area contributed by atoms with Crippen LogP contribution in [0.1, 0.15) is 15.4 Å². The van der Waals surface area contributed by atoms with Gasteiger partial charge in [0.05, 0.1) is 19.1 Å². The summed E-state index contributed by atoms with van der Waals surface area (Å²) in [7, 11) is -2.85. The summed E-state index contributed by atoms with van der Waals surface area (Å²) in [5.41, 5.74) is 1.21. The Morgan fingerprint density at radius 2 is 2.14 bits per heavy atom. The van der Waals surface area contributed by atoms with Gasteiger partial charge in [0.2, 0.25) is 5.13 Å². The average molecular weight is 451 g/mol. The Morgan fingerprint density at radius 1 is 1.31 bits per heavy atom. The number of sulfonamides is 1. The van der Waals surface area contributed by atoms with Gasteiger partial charge in [-0.2, -0.15) is 9.78 Å². The van der Waals surface area contributed by atoms with Gasteiger partial charge in [-0.1, -0.05) is 0 Å². The molecule has 0 spiro atoms. The Kier molecular flexibility index (Phi) is 4.98. The van der Waals surface area contributed by atoms with Gasteiger partial charge in [-0.25, -0.2) is 18.2 Å². The predicted molar refractivity (Wildman–Crippen MR) is 108 cm³/mol. The third-order valence-corrected chi connectivity index (χ3v) is 7.04. The Hall–Kier alpha value is -2.96. The number of methoxy groups -OCH3 is 1. The summed E-state index contributed by atoms with van der Waals surface area (Å²) in [5.74, 6) is 0.0810. The van der Waals surface area contributed by atoms with Crippen LogP contribution in [-0.2, 0) is 14.8 Å². The van der Waals surface area contributed by atoms with Crippen LogP contribution >= 0.6 is 22.7 Å². The van der Waals surface area contributed by atoms with E-state index < -0.39 is 16.0 Å². The normalized spacial score (nSPS) is 11.5. The molecule has 0 saturated heterocycles. The number of aryl methyl sites for hydroxylation is 1. The van der Waals surface area contributed by atoms with Crippen LogP contribution < -0.4 is 4.72 Å². The Bertz CT molecular complexity index is 1270. The van der Waals surface area contributed by atoms with Crippen molar-refractivity contribution >= 4 is 44.5 Å². The molecule has 0 unspecified atom stereocenters. The zero-order valence-corrected chi connectivity index (χ0v) is 17.6. The van der Waals surface area contributed by atoms with Gasteiger partial charge in [-0.05, 0) is 30.5 Å². The number of hydrogen-bond acceptors (Lipinski definition) is 9. The fourth-order valence-electron chi connectivity index (χ4n) is 2.56. The summed E-state index contributed by atoms with van der Waals surface area (Å²) in [5, 5.41) is 8.09. The van der Waals surface area contributed by atoms with Crippen LogP contribution in [0.5, 0.6) is 0 Å². The van der Waals surface area contributed by atoms with Crippen LogP contribution in [0.2, 0.25) is 0 Å². The second-order valence-electron chi connectivity index (χ2n) is 5.79. The van der Waals surface area contributed by atoms with E-state index in [2.05, 4.69) is 19.5 Å². The summed E-state index contributed by atoms with van der Waals surface area (Å²) in [4.78, 5) is 16.2. The van der Waals surface area contributed by atoms with Gasteiger partial charge < -0.3 is 9.15 Å². The fraction of sp³-hybridized carbons (Fsp3) is 0.118. The minimum Gasteiger partial charge on any atom is -0.465 e. The van der Waals surface area contributed by atoms with Gasteiger partial charge in [-0.3, -0.25) is 4.72 Å². The number of anilines is 1. The average Bonchev–Trinajstić information content (AvgIpc) is 3.45. The van der Waals surface area contributed by atoms with Gasteiger partial charge in [0.1, 0.15) is 21.3 Å². The van der Waals surface area contributed by atoms with E-state index >= 15 is 0 Å². The van der Waals surface area contributed by atoms with E-state index in [1.54, 1.807) is 36.8 Å². The molecule has 0 saturated carbocycles. The molecule has 12 heteroatoms. The van der Waals surface area contributed by atoms with E-state index in [0.29, 0.717) is 22.3 Å². The quantitative estimate of drug-likeness (QED) is 0.447. The fourth-order valence-corrected chi connectivity index (χ4v) is 5.71. The standard InChI is InChI=1S/C17H14N4O5S3/c1-10-8-14(20-29(23,24)13-5-7-27-15(13)16(22)25-2)21(19-10)17-18-11(9-28-17)12-4-3-6-26-12/h3-9,20H,1-2H3. The number of rotatable bonds is 6. The molecule has 0 aliphatic heterocycles. The molecule has 9 nitrogen and oxygen atoms in total. The van der Waals surface area contributed by atoms with Gasteiger partial charge in [-0.15, -0.1) is 22.7 Å². The smallest absolute Gasteiger partial charge is 0.349 e. The lowest BCUT2D eigenvalue weighted by molar-refractivity contribution is 0.0602. The minimum absolute atomic E-state index is 0.00265. The lowest BCUT2D eigenvalue weighted by atomic mass is 10.4. The number of carbonyl (C=O) groups is 1. The molecule has 150 valence electrons. The Morgan fingerprint density at radius 3 is 2.86 bits per heavy atom. The second-order valence-corrected chi connectivity index (χ2v) is 9.19. The highest BCUT2D eigenvalue weighted by molar-refractivity contribution is 7.93. The van der Waals surface area contributed by atoms with Crippen LogP contribution in [0.25, 0.3) is 16.6 Å². The topological polar surface area (TPSA) is 116 Å². The first-order valence-electron chi connectivity index (χ1n) is 8.14. The molecule has 0 aromatic carbocycles. The van der Waals surface area contributed by atoms with E-state index in [4.69, 9.17) is 4.42 Å². The first-order valence-corrected chi connectivity index (χ1v) is 11.4. The van der Waals surface area contributed by atoms with Crippen molar-refractivity contribution in [3.05, 3.63) is 51.9 Å². The van der Waals surface area contributed by atoms with E-state index in [9.17, 15) is 13.2 Å². The summed E-state index contributed by atoms with van der Waals surface area (Å²) in [6.07, 6.45) is 1.55. The van der Waals surface area contributed by atoms with Crippen molar-refractivity contribution < 1.29 is 22.4 Å². The summed E-state index contributed by atoms with van der Waals surface area (Å²) in [6.45, 7) is 1.74. The molecule has 0 radical (unpaired) electrons. The van der Waals surface area contributed by atoms with E-state index in [-0.39, 0.29) is 15.6 Å². The van der Waals surface area contributed by atoms with Crippen molar-refractivity contribution in [3.8, 4) is 16.6 Å². The zero-order chi connectivity index (χ0) is 20.6. The predicted octanol–water partition coefficient (Wildman–Crippen LogP) is 3.55. The minimum atomic E-state index is -4.05. The van der Waals surface area contributed by atoms with Gasteiger partial charge in [0.15, 0.2) is 5.76 Å². The zero-order valence-electron chi connectivity index (χ0n) is 15.1. The largest absolute Gasteiger partial charge is 0.465 e. The summed E-state index contributed by atoms with van der Waals surface area (Å²) >= 11 is 2.28. The van der Waals surface area contributed by atoms with Gasteiger partial charge in [0, 0.05) is 11.4 Å². The molecule has 0 atom stereocenters. The molecule has 0 bridgehead atoms. The molecule has 0 aliphatic carbocycles. The number of thiazole rings is 1. The van der Waals surface area contributed by atoms with Crippen LogP contribution in [-0.4, -0.2) is 36.3 Å². The molecule has 4 heterocycles. The lowest BCUT2D eigenvalue weighted by Crippen LogP contribution is -2.18. The highest BCUT2D eigenvalue weighted by Crippen LogP contribution is 2.29. The number of nitrogens with one attached hydrogen (secondary N) is 1. The monoisotopic (exact) mass is 450 g/mol. The number of thiophene rings is 1. The molecular weight excluding hydrogens is 436 g/mol. The second kappa shape index (κ2) is 7.46. The number of hydrogen-bond donors (Lipinski definition) is 1. The number of ether oxygens (including phenoxy) is 1. The van der Waals surface area contributed by atoms with Crippen molar-refractivity contribution in [3.63, 3.8) is 0 Å². The first kappa shape index (κ1) is 19.4. The van der Waals surface area contributed by atoms with Crippen molar-refractivity contribution in [1.29, 1.82) is 0 Å². The molecule has 0 amide bonds. The molecule has 4 aromatic heterocycles. The molecule has 4 rings (SSSR count). The molecule has 0 fully saturated rings. The Balaban J connectivity index is 1.69. The third kappa shape index (κ3) is 3.69. The first-order chi connectivity index (χ1) is 13.9. The molecule has 29 heavy (non-hydrogen) atoms. The highest BCUT2D eigenvalue weighted by atomic mass is 32.2. The van der Waals surface area contributed by atoms with Crippen molar-refractivity contribution in [2.45, 2.75) is 11.8 Å². The van der Waals surface area contributed by atoms with Crippen molar-refractivity contribution in [2.75, 3.05) is 11.8 Å². The van der Waals surface area contributed by atoms with Crippen molar-refractivity contribution in [2.24, 2.45) is 0 Å². The highest BCUT2D eigenvalue weighted by Gasteiger charge is 2.26. The number of nitrogens with zero attached hydrogens (tertiary/aromatic N) is 3. The van der Waals surface area contributed by atoms with Crippen LogP contribution in [0.3, 0.4) is 0 Å². The van der Waals surface area contributed by atoms with E-state index in [1.165, 1.54) is 34.6 Å². The summed E-state index contributed by atoms with van der Waals surface area (Å²) in [6, 6.07) is 6.47. The van der Waals surface area contributed by atoms with Crippen molar-refractivity contribution in [1.82, 2.24) is 14.8 Å². The van der Waals surface area contributed by atoms with E-state index in [0.717, 1.165) is 11.3 Å². The summed E-state index contributed by atoms with van der Waals surface area (Å²) < 4.78 is 39.7. The van der Waals surface area contributed by atoms with E-state index in [1.807, 2.05) is 0 Å². The van der Waals surface area contributed by atoms with Crippen LogP contribution in [0.15, 0.2) is 50.6 Å². The number of carbonyl (C=O) groups excluding carboxylic acids is 1. The molecule has 1 N–H and O–H groups in total. The van der Waals surface area contributed by atoms with Gasteiger partial charge >= 0.3 is 5.97 Å². The maximum atomic E-state index is 12.9. The maximum absolute atomic E-state index is 12.9. The number of aromatic nitrogens is 3. The van der Waals surface area contributed by atoms with Gasteiger partial charge in [0.25, 0.3) is 10.0 Å². The van der Waals surface area contributed by atoms with Crippen LogP contribution in [0.4, 0.5) is 5.82 Å². The third-order valence-electron chi connectivity index (χ3n) is 3.81. The SMILES string of the molecule is COC(=O)c1sccc1S(=O)(=O)Nc1cc(C)nn1-c1nc(-c2ccco2)cs1. The molecule has 4 aromatic rings. The molecule has 0 aliphatic rings. The molecular formula is C17H14N4O5S3. The number of esters is 1.